The molecule has 0 radical (unpaired) electrons. The molecular weight excluding hydrogens is 370 g/mol. The van der Waals surface area contributed by atoms with Crippen LogP contribution in [0.5, 0.6) is 0 Å². The van der Waals surface area contributed by atoms with Gasteiger partial charge >= 0.3 is 0 Å². The standard InChI is InChI=1S/C17H19N5O4S/c1-20-13(5-7-19-20)17(24)22-9-8-21(14-10-27(25,26)11-15(14)22)16(23)12-4-2-3-6-18-12/h2-7,14-15H,8-11H2,1H3/t14-,15+/m1/s1. The van der Waals surface area contributed by atoms with Crippen molar-refractivity contribution in [3.8, 4) is 0 Å². The van der Waals surface area contributed by atoms with Gasteiger partial charge in [0.25, 0.3) is 11.8 Å². The van der Waals surface area contributed by atoms with E-state index < -0.39 is 21.9 Å². The van der Waals surface area contributed by atoms with Crippen molar-refractivity contribution in [2.24, 2.45) is 7.05 Å². The number of nitrogens with zero attached hydrogens (tertiary/aromatic N) is 5. The highest BCUT2D eigenvalue weighted by molar-refractivity contribution is 7.91. The van der Waals surface area contributed by atoms with Crippen LogP contribution >= 0.6 is 0 Å². The zero-order chi connectivity index (χ0) is 19.2. The molecular formula is C17H19N5O4S. The largest absolute Gasteiger partial charge is 0.329 e. The second-order valence-corrected chi connectivity index (χ2v) is 8.92. The van der Waals surface area contributed by atoms with E-state index in [2.05, 4.69) is 10.1 Å². The molecule has 0 unspecified atom stereocenters. The molecule has 2 aliphatic rings. The molecule has 4 heterocycles. The van der Waals surface area contributed by atoms with Crippen molar-refractivity contribution in [1.82, 2.24) is 24.6 Å². The molecule has 2 aromatic heterocycles. The third-order valence-electron chi connectivity index (χ3n) is 5.12. The Morgan fingerprint density at radius 1 is 1.00 bits per heavy atom. The van der Waals surface area contributed by atoms with Crippen LogP contribution in [0.4, 0.5) is 0 Å². The van der Waals surface area contributed by atoms with Gasteiger partial charge in [-0.15, -0.1) is 0 Å². The number of aromatic nitrogens is 3. The smallest absolute Gasteiger partial charge is 0.272 e. The summed E-state index contributed by atoms with van der Waals surface area (Å²) in [4.78, 5) is 33.0. The number of aryl methyl sites for hydroxylation is 1. The molecule has 0 aliphatic carbocycles. The topological polar surface area (TPSA) is 105 Å². The Kier molecular flexibility index (Phi) is 4.22. The number of carbonyl (C=O) groups is 2. The minimum absolute atomic E-state index is 0.146. The number of carbonyl (C=O) groups excluding carboxylic acids is 2. The van der Waals surface area contributed by atoms with Gasteiger partial charge in [-0.05, 0) is 18.2 Å². The number of hydrogen-bond acceptors (Lipinski definition) is 6. The number of rotatable bonds is 2. The molecule has 0 spiro atoms. The van der Waals surface area contributed by atoms with Crippen molar-refractivity contribution in [3.63, 3.8) is 0 Å². The summed E-state index contributed by atoms with van der Waals surface area (Å²) in [5, 5.41) is 4.01. The van der Waals surface area contributed by atoms with Gasteiger partial charge in [-0.2, -0.15) is 5.10 Å². The molecule has 0 saturated carbocycles. The monoisotopic (exact) mass is 389 g/mol. The van der Waals surface area contributed by atoms with E-state index >= 15 is 0 Å². The SMILES string of the molecule is Cn1nccc1C(=O)N1CCN(C(=O)c2ccccn2)[C@@H]2CS(=O)(=O)C[C@@H]21. The summed E-state index contributed by atoms with van der Waals surface area (Å²) in [5.74, 6) is -0.874. The van der Waals surface area contributed by atoms with Crippen molar-refractivity contribution < 1.29 is 18.0 Å². The van der Waals surface area contributed by atoms with Crippen molar-refractivity contribution in [1.29, 1.82) is 0 Å². The van der Waals surface area contributed by atoms with E-state index in [4.69, 9.17) is 0 Å². The maximum atomic E-state index is 12.9. The molecule has 2 fully saturated rings. The Morgan fingerprint density at radius 3 is 2.22 bits per heavy atom. The number of fused-ring (bicyclic) bond motifs is 1. The lowest BCUT2D eigenvalue weighted by molar-refractivity contribution is 0.0272. The van der Waals surface area contributed by atoms with Crippen molar-refractivity contribution in [2.75, 3.05) is 24.6 Å². The average Bonchev–Trinajstić information content (AvgIpc) is 3.22. The summed E-state index contributed by atoms with van der Waals surface area (Å²) in [6.07, 6.45) is 3.05. The van der Waals surface area contributed by atoms with E-state index in [1.54, 1.807) is 41.1 Å². The van der Waals surface area contributed by atoms with Crippen LogP contribution < -0.4 is 0 Å². The van der Waals surface area contributed by atoms with Crippen LogP contribution in [-0.4, -0.2) is 81.5 Å². The minimum atomic E-state index is -3.35. The van der Waals surface area contributed by atoms with E-state index in [-0.39, 0.29) is 42.1 Å². The number of amides is 2. The fourth-order valence-corrected chi connectivity index (χ4v) is 5.81. The molecule has 2 aliphatic heterocycles. The first-order valence-electron chi connectivity index (χ1n) is 8.59. The number of hydrogen-bond donors (Lipinski definition) is 0. The van der Waals surface area contributed by atoms with Gasteiger partial charge in [0.1, 0.15) is 11.4 Å². The highest BCUT2D eigenvalue weighted by atomic mass is 32.2. The fraction of sp³-hybridized carbons (Fsp3) is 0.412. The lowest BCUT2D eigenvalue weighted by Gasteiger charge is -2.43. The highest BCUT2D eigenvalue weighted by Crippen LogP contribution is 2.29. The Hall–Kier alpha value is -2.75. The Bertz CT molecular complexity index is 988. The Morgan fingerprint density at radius 2 is 1.67 bits per heavy atom. The van der Waals surface area contributed by atoms with E-state index in [9.17, 15) is 18.0 Å². The molecule has 0 aromatic carbocycles. The maximum Gasteiger partial charge on any atom is 0.272 e. The number of pyridine rings is 1. The summed E-state index contributed by atoms with van der Waals surface area (Å²) in [6.45, 7) is 0.523. The van der Waals surface area contributed by atoms with Gasteiger partial charge in [-0.25, -0.2) is 8.42 Å². The van der Waals surface area contributed by atoms with Gasteiger partial charge in [0.05, 0.1) is 23.6 Å². The van der Waals surface area contributed by atoms with E-state index in [0.717, 1.165) is 0 Å². The van der Waals surface area contributed by atoms with Gasteiger partial charge < -0.3 is 9.80 Å². The highest BCUT2D eigenvalue weighted by Gasteiger charge is 2.50. The van der Waals surface area contributed by atoms with Crippen LogP contribution in [-0.2, 0) is 16.9 Å². The molecule has 27 heavy (non-hydrogen) atoms. The normalized spacial score (nSPS) is 23.9. The Labute approximate surface area is 156 Å². The summed E-state index contributed by atoms with van der Waals surface area (Å²) < 4.78 is 26.1. The quantitative estimate of drug-likeness (QED) is 0.691. The molecule has 10 heteroatoms. The number of piperazine rings is 1. The molecule has 4 rings (SSSR count). The zero-order valence-corrected chi connectivity index (χ0v) is 15.5. The van der Waals surface area contributed by atoms with Gasteiger partial charge in [-0.3, -0.25) is 19.3 Å². The van der Waals surface area contributed by atoms with Crippen LogP contribution in [0.2, 0.25) is 0 Å². The zero-order valence-electron chi connectivity index (χ0n) is 14.7. The molecule has 2 atom stereocenters. The van der Waals surface area contributed by atoms with Crippen LogP contribution in [0.15, 0.2) is 36.7 Å². The summed E-state index contributed by atoms with van der Waals surface area (Å²) in [7, 11) is -1.69. The van der Waals surface area contributed by atoms with E-state index in [1.807, 2.05) is 0 Å². The molecule has 2 saturated heterocycles. The van der Waals surface area contributed by atoms with Crippen LogP contribution in [0.1, 0.15) is 21.0 Å². The lowest BCUT2D eigenvalue weighted by Crippen LogP contribution is -2.62. The van der Waals surface area contributed by atoms with E-state index in [1.165, 1.54) is 17.1 Å². The summed E-state index contributed by atoms with van der Waals surface area (Å²) >= 11 is 0. The summed E-state index contributed by atoms with van der Waals surface area (Å²) in [6, 6.07) is 5.49. The van der Waals surface area contributed by atoms with Crippen molar-refractivity contribution >= 4 is 21.7 Å². The fourth-order valence-electron chi connectivity index (χ4n) is 3.82. The molecule has 9 nitrogen and oxygen atoms in total. The van der Waals surface area contributed by atoms with E-state index in [0.29, 0.717) is 5.69 Å². The minimum Gasteiger partial charge on any atom is -0.329 e. The third-order valence-corrected chi connectivity index (χ3v) is 6.82. The molecule has 0 bridgehead atoms. The predicted molar refractivity (Wildman–Crippen MR) is 95.7 cm³/mol. The molecule has 142 valence electrons. The Balaban J connectivity index is 1.65. The van der Waals surface area contributed by atoms with Crippen LogP contribution in [0.25, 0.3) is 0 Å². The summed E-state index contributed by atoms with van der Waals surface area (Å²) in [5.41, 5.74) is 0.662. The molecule has 0 N–H and O–H groups in total. The lowest BCUT2D eigenvalue weighted by atomic mass is 10.0. The first-order valence-corrected chi connectivity index (χ1v) is 10.4. The van der Waals surface area contributed by atoms with Gasteiger partial charge in [0, 0.05) is 32.5 Å². The first-order chi connectivity index (χ1) is 12.9. The number of sulfone groups is 1. The second kappa shape index (κ2) is 6.45. The second-order valence-electron chi connectivity index (χ2n) is 6.76. The van der Waals surface area contributed by atoms with Crippen molar-refractivity contribution in [3.05, 3.63) is 48.0 Å². The maximum absolute atomic E-state index is 12.9. The molecule has 2 amide bonds. The van der Waals surface area contributed by atoms with Crippen LogP contribution in [0.3, 0.4) is 0 Å². The first kappa shape index (κ1) is 17.7. The van der Waals surface area contributed by atoms with Crippen LogP contribution in [0, 0.1) is 0 Å². The predicted octanol–water partition coefficient (Wildman–Crippen LogP) is -0.421. The van der Waals surface area contributed by atoms with Crippen molar-refractivity contribution in [2.45, 2.75) is 12.1 Å². The third kappa shape index (κ3) is 3.09. The average molecular weight is 389 g/mol. The van der Waals surface area contributed by atoms with Gasteiger partial charge in [-0.1, -0.05) is 6.07 Å². The van der Waals surface area contributed by atoms with Gasteiger partial charge in [0.2, 0.25) is 0 Å². The molecule has 2 aromatic rings. The van der Waals surface area contributed by atoms with Gasteiger partial charge in [0.15, 0.2) is 9.84 Å².